The number of aromatic nitrogens is 4. The molecular formula is C23H20F3N8O3+. The van der Waals surface area contributed by atoms with Gasteiger partial charge < -0.3 is 16.4 Å². The fourth-order valence-corrected chi connectivity index (χ4v) is 3.21. The number of pyridine rings is 2. The first-order valence-electron chi connectivity index (χ1n) is 10.7. The predicted molar refractivity (Wildman–Crippen MR) is 125 cm³/mol. The molecule has 3 heterocycles. The van der Waals surface area contributed by atoms with Gasteiger partial charge in [0, 0.05) is 23.8 Å². The van der Waals surface area contributed by atoms with Crippen molar-refractivity contribution < 1.29 is 32.0 Å². The molecule has 3 amide bonds. The third-order valence-corrected chi connectivity index (χ3v) is 4.81. The molecule has 0 spiro atoms. The van der Waals surface area contributed by atoms with Crippen LogP contribution in [0, 0.1) is 0 Å². The lowest BCUT2D eigenvalue weighted by molar-refractivity contribution is -0.755. The van der Waals surface area contributed by atoms with E-state index in [-0.39, 0.29) is 36.0 Å². The Kier molecular flexibility index (Phi) is 7.27. The van der Waals surface area contributed by atoms with Gasteiger partial charge >= 0.3 is 18.1 Å². The zero-order valence-electron chi connectivity index (χ0n) is 19.0. The average molecular weight is 513 g/mol. The van der Waals surface area contributed by atoms with Crippen LogP contribution in [0.15, 0.2) is 71.6 Å². The summed E-state index contributed by atoms with van der Waals surface area (Å²) in [5.41, 5.74) is 5.28. The SMILES string of the molecule is Nc1ccc(CC(=O)Nc2cc(NC(=O)Nc3c[n+](Cc4ccccn4)no3)cc(C(F)(F)F)c2)cn1. The van der Waals surface area contributed by atoms with Crippen molar-refractivity contribution >= 4 is 35.0 Å². The van der Waals surface area contributed by atoms with E-state index in [4.69, 9.17) is 10.3 Å². The highest BCUT2D eigenvalue weighted by Gasteiger charge is 2.31. The number of nitrogen functional groups attached to an aromatic ring is 1. The third-order valence-electron chi connectivity index (χ3n) is 4.81. The van der Waals surface area contributed by atoms with Crippen LogP contribution in [0.25, 0.3) is 0 Å². The summed E-state index contributed by atoms with van der Waals surface area (Å²) in [6.45, 7) is 0.275. The van der Waals surface area contributed by atoms with E-state index in [9.17, 15) is 22.8 Å². The molecule has 0 unspecified atom stereocenters. The van der Waals surface area contributed by atoms with Crippen molar-refractivity contribution in [2.75, 3.05) is 21.7 Å². The Hall–Kier alpha value is -5.01. The molecule has 0 atom stereocenters. The molecule has 14 heteroatoms. The number of benzene rings is 1. The Morgan fingerprint density at radius 2 is 1.78 bits per heavy atom. The summed E-state index contributed by atoms with van der Waals surface area (Å²) in [5, 5.41) is 10.8. The second-order valence-electron chi connectivity index (χ2n) is 7.78. The molecule has 0 radical (unpaired) electrons. The number of nitrogens with zero attached hydrogens (tertiary/aromatic N) is 4. The summed E-state index contributed by atoms with van der Waals surface area (Å²) in [5.74, 6) is -0.365. The molecule has 4 rings (SSSR count). The van der Waals surface area contributed by atoms with Gasteiger partial charge in [0.15, 0.2) is 0 Å². The van der Waals surface area contributed by atoms with Crippen LogP contribution >= 0.6 is 0 Å². The fraction of sp³-hybridized carbons (Fsp3) is 0.130. The Balaban J connectivity index is 1.43. The van der Waals surface area contributed by atoms with Crippen LogP contribution in [-0.4, -0.2) is 27.2 Å². The van der Waals surface area contributed by atoms with Gasteiger partial charge in [0.05, 0.1) is 12.0 Å². The number of nitrogens with two attached hydrogens (primary N) is 1. The van der Waals surface area contributed by atoms with Gasteiger partial charge in [-0.15, -0.1) is 0 Å². The van der Waals surface area contributed by atoms with Crippen LogP contribution in [-0.2, 0) is 23.9 Å². The van der Waals surface area contributed by atoms with E-state index in [1.807, 2.05) is 0 Å². The minimum absolute atomic E-state index is 0.0500. The molecule has 0 aliphatic carbocycles. The first-order chi connectivity index (χ1) is 17.6. The quantitative estimate of drug-likeness (QED) is 0.277. The maximum Gasteiger partial charge on any atom is 0.416 e. The highest BCUT2D eigenvalue weighted by atomic mass is 19.4. The third kappa shape index (κ3) is 7.24. The van der Waals surface area contributed by atoms with Crippen molar-refractivity contribution in [3.63, 3.8) is 0 Å². The van der Waals surface area contributed by atoms with Crippen LogP contribution in [0.3, 0.4) is 0 Å². The monoisotopic (exact) mass is 513 g/mol. The molecular weight excluding hydrogens is 493 g/mol. The molecule has 0 saturated heterocycles. The molecule has 37 heavy (non-hydrogen) atoms. The number of nitrogens with one attached hydrogen (secondary N) is 3. The zero-order chi connectivity index (χ0) is 26.4. The van der Waals surface area contributed by atoms with E-state index in [2.05, 4.69) is 31.2 Å². The average Bonchev–Trinajstić information content (AvgIpc) is 3.26. The molecule has 4 aromatic rings. The first-order valence-corrected chi connectivity index (χ1v) is 10.7. The number of hydrogen-bond acceptors (Lipinski definition) is 7. The highest BCUT2D eigenvalue weighted by Crippen LogP contribution is 2.33. The molecule has 0 aliphatic rings. The molecule has 0 bridgehead atoms. The lowest BCUT2D eigenvalue weighted by Gasteiger charge is -2.14. The van der Waals surface area contributed by atoms with Crippen molar-refractivity contribution in [1.82, 2.24) is 15.2 Å². The van der Waals surface area contributed by atoms with E-state index in [1.165, 1.54) is 29.2 Å². The second kappa shape index (κ2) is 10.7. The van der Waals surface area contributed by atoms with Gasteiger partial charge in [-0.1, -0.05) is 12.1 Å². The molecule has 11 nitrogen and oxygen atoms in total. The lowest BCUT2D eigenvalue weighted by atomic mass is 10.1. The largest absolute Gasteiger partial charge is 0.416 e. The highest BCUT2D eigenvalue weighted by molar-refractivity contribution is 6.00. The molecule has 0 fully saturated rings. The van der Waals surface area contributed by atoms with Crippen LogP contribution in [0.2, 0.25) is 0 Å². The summed E-state index contributed by atoms with van der Waals surface area (Å²) in [7, 11) is 0. The first kappa shape index (κ1) is 25.1. The molecule has 0 aliphatic heterocycles. The smallest absolute Gasteiger partial charge is 0.384 e. The standard InChI is InChI=1S/C23H19F3N8O3/c24-23(25,26)15-8-17(30-20(35)7-14-4-5-19(27)29-11-14)10-18(9-15)31-22(36)32-21-13-34(33-37-21)12-16-3-1-2-6-28-16/h1-6,8-11,13H,7,12H2,(H4-,27,29,30,31,32,33,35,36)/p+1. The number of carbonyl (C=O) groups is 2. The number of amides is 3. The van der Waals surface area contributed by atoms with Gasteiger partial charge in [-0.2, -0.15) is 13.2 Å². The Bertz CT molecular complexity index is 1390. The lowest BCUT2D eigenvalue weighted by Crippen LogP contribution is -2.35. The van der Waals surface area contributed by atoms with Gasteiger partial charge in [0.2, 0.25) is 17.7 Å². The summed E-state index contributed by atoms with van der Waals surface area (Å²) in [6, 6.07) is 10.2. The number of anilines is 4. The summed E-state index contributed by atoms with van der Waals surface area (Å²) < 4.78 is 46.7. The number of alkyl halides is 3. The number of halogens is 3. The zero-order valence-corrected chi connectivity index (χ0v) is 19.0. The van der Waals surface area contributed by atoms with Crippen molar-refractivity contribution in [2.24, 2.45) is 0 Å². The predicted octanol–water partition coefficient (Wildman–Crippen LogP) is 3.23. The minimum Gasteiger partial charge on any atom is -0.384 e. The molecule has 5 N–H and O–H groups in total. The van der Waals surface area contributed by atoms with Crippen molar-refractivity contribution in [1.29, 1.82) is 0 Å². The van der Waals surface area contributed by atoms with Gasteiger partial charge in [0.25, 0.3) is 6.20 Å². The minimum atomic E-state index is -4.73. The van der Waals surface area contributed by atoms with Crippen molar-refractivity contribution in [3.05, 3.63) is 83.9 Å². The van der Waals surface area contributed by atoms with Crippen molar-refractivity contribution in [3.8, 4) is 0 Å². The number of carbonyl (C=O) groups excluding carboxylic acids is 2. The topological polar surface area (TPSA) is 152 Å². The van der Waals surface area contributed by atoms with Crippen molar-refractivity contribution in [2.45, 2.75) is 19.1 Å². The van der Waals surface area contributed by atoms with Crippen LogP contribution in [0.4, 0.5) is 41.0 Å². The summed E-state index contributed by atoms with van der Waals surface area (Å²) in [6.07, 6.45) is -0.475. The Labute approximate surface area is 207 Å². The fourth-order valence-electron chi connectivity index (χ4n) is 3.21. The van der Waals surface area contributed by atoms with Gasteiger partial charge in [-0.05, 0) is 46.6 Å². The normalized spacial score (nSPS) is 11.1. The van der Waals surface area contributed by atoms with Crippen LogP contribution in [0.1, 0.15) is 16.8 Å². The molecule has 0 saturated carbocycles. The number of hydrogen-bond donors (Lipinski definition) is 4. The summed E-state index contributed by atoms with van der Waals surface area (Å²) >= 11 is 0. The van der Waals surface area contributed by atoms with Gasteiger partial charge in [-0.25, -0.2) is 9.78 Å². The molecule has 190 valence electrons. The van der Waals surface area contributed by atoms with E-state index in [0.29, 0.717) is 11.3 Å². The maximum atomic E-state index is 13.4. The van der Waals surface area contributed by atoms with E-state index < -0.39 is 23.7 Å². The second-order valence-corrected chi connectivity index (χ2v) is 7.78. The number of urea groups is 1. The van der Waals surface area contributed by atoms with Crippen LogP contribution in [0.5, 0.6) is 0 Å². The summed E-state index contributed by atoms with van der Waals surface area (Å²) in [4.78, 5) is 32.8. The maximum absolute atomic E-state index is 13.4. The van der Waals surface area contributed by atoms with Gasteiger partial charge in [-0.3, -0.25) is 19.6 Å². The molecule has 1 aromatic carbocycles. The van der Waals surface area contributed by atoms with E-state index in [1.54, 1.807) is 30.5 Å². The van der Waals surface area contributed by atoms with E-state index >= 15 is 0 Å². The Morgan fingerprint density at radius 1 is 1.00 bits per heavy atom. The van der Waals surface area contributed by atoms with Crippen LogP contribution < -0.4 is 26.4 Å². The van der Waals surface area contributed by atoms with E-state index in [0.717, 1.165) is 12.1 Å². The Morgan fingerprint density at radius 3 is 2.46 bits per heavy atom. The van der Waals surface area contributed by atoms with Gasteiger partial charge in [0.1, 0.15) is 11.5 Å². The molecule has 3 aromatic heterocycles. The number of rotatable bonds is 7.